The molecule has 2 heterocycles. The molecule has 0 bridgehead atoms. The number of ketones is 1. The van der Waals surface area contributed by atoms with Gasteiger partial charge in [0.05, 0.1) is 11.9 Å². The number of benzene rings is 1. The van der Waals surface area contributed by atoms with E-state index in [4.69, 9.17) is 0 Å². The van der Waals surface area contributed by atoms with E-state index < -0.39 is 0 Å². The number of carbonyl (C=O) groups excluding carboxylic acids is 1. The second-order valence-corrected chi connectivity index (χ2v) is 6.91. The molecule has 0 saturated carbocycles. The van der Waals surface area contributed by atoms with Crippen LogP contribution in [0, 0.1) is 5.82 Å². The SMILES string of the molecule is CC(=O)c1ccc(N2CCN(Cc3cnn(C(C)C)c3)CC2)c(F)c1. The number of nitrogens with zero attached hydrogens (tertiary/aromatic N) is 4. The van der Waals surface area contributed by atoms with Crippen molar-refractivity contribution in [2.24, 2.45) is 0 Å². The van der Waals surface area contributed by atoms with E-state index in [1.807, 2.05) is 15.8 Å². The maximum absolute atomic E-state index is 14.3. The van der Waals surface area contributed by atoms with Gasteiger partial charge >= 0.3 is 0 Å². The monoisotopic (exact) mass is 344 g/mol. The Bertz CT molecular complexity index is 748. The molecule has 0 unspecified atom stereocenters. The Balaban J connectivity index is 1.59. The molecule has 1 aromatic heterocycles. The Kier molecular flexibility index (Phi) is 5.18. The minimum atomic E-state index is -0.320. The largest absolute Gasteiger partial charge is 0.367 e. The lowest BCUT2D eigenvalue weighted by Crippen LogP contribution is -2.46. The highest BCUT2D eigenvalue weighted by Crippen LogP contribution is 2.22. The van der Waals surface area contributed by atoms with E-state index in [0.717, 1.165) is 32.7 Å². The minimum Gasteiger partial charge on any atom is -0.367 e. The first-order chi connectivity index (χ1) is 11.9. The highest BCUT2D eigenvalue weighted by atomic mass is 19.1. The summed E-state index contributed by atoms with van der Waals surface area (Å²) in [6.45, 7) is 9.84. The summed E-state index contributed by atoms with van der Waals surface area (Å²) in [4.78, 5) is 15.8. The van der Waals surface area contributed by atoms with E-state index in [0.29, 0.717) is 17.3 Å². The molecular weight excluding hydrogens is 319 g/mol. The first kappa shape index (κ1) is 17.6. The quantitative estimate of drug-likeness (QED) is 0.782. The van der Waals surface area contributed by atoms with Gasteiger partial charge < -0.3 is 4.90 Å². The predicted octanol–water partition coefficient (Wildman–Crippen LogP) is 3.13. The maximum Gasteiger partial charge on any atom is 0.159 e. The predicted molar refractivity (Wildman–Crippen MR) is 96.5 cm³/mol. The number of hydrogen-bond acceptors (Lipinski definition) is 4. The molecule has 2 aromatic rings. The Morgan fingerprint density at radius 3 is 2.52 bits per heavy atom. The summed E-state index contributed by atoms with van der Waals surface area (Å²) in [6.07, 6.45) is 4.02. The lowest BCUT2D eigenvalue weighted by Gasteiger charge is -2.36. The number of piperazine rings is 1. The fraction of sp³-hybridized carbons (Fsp3) is 0.474. The molecule has 1 aromatic carbocycles. The number of carbonyl (C=O) groups is 1. The zero-order valence-corrected chi connectivity index (χ0v) is 15.1. The number of Topliss-reactive ketones (excluding diaryl/α,β-unsaturated/α-hetero) is 1. The van der Waals surface area contributed by atoms with Crippen LogP contribution in [0.15, 0.2) is 30.6 Å². The summed E-state index contributed by atoms with van der Waals surface area (Å²) in [7, 11) is 0. The van der Waals surface area contributed by atoms with Crippen molar-refractivity contribution >= 4 is 11.5 Å². The van der Waals surface area contributed by atoms with E-state index in [2.05, 4.69) is 30.0 Å². The van der Waals surface area contributed by atoms with E-state index in [1.54, 1.807) is 12.1 Å². The summed E-state index contributed by atoms with van der Waals surface area (Å²) in [5.74, 6) is -0.434. The van der Waals surface area contributed by atoms with Crippen molar-refractivity contribution < 1.29 is 9.18 Å². The van der Waals surface area contributed by atoms with Gasteiger partial charge in [0.1, 0.15) is 5.82 Å². The van der Waals surface area contributed by atoms with E-state index in [1.165, 1.54) is 18.6 Å². The number of hydrogen-bond donors (Lipinski definition) is 0. The fourth-order valence-electron chi connectivity index (χ4n) is 3.13. The second-order valence-electron chi connectivity index (χ2n) is 6.91. The summed E-state index contributed by atoms with van der Waals surface area (Å²) in [6, 6.07) is 5.12. The number of halogens is 1. The molecule has 3 rings (SSSR count). The van der Waals surface area contributed by atoms with Crippen LogP contribution in [-0.4, -0.2) is 46.6 Å². The molecule has 0 radical (unpaired) electrons. The van der Waals surface area contributed by atoms with Crippen LogP contribution in [0.1, 0.15) is 42.7 Å². The van der Waals surface area contributed by atoms with Gasteiger partial charge in [-0.15, -0.1) is 0 Å². The molecule has 1 aliphatic heterocycles. The van der Waals surface area contributed by atoms with Gasteiger partial charge in [-0.1, -0.05) is 0 Å². The van der Waals surface area contributed by atoms with Crippen molar-refractivity contribution in [3.05, 3.63) is 47.5 Å². The van der Waals surface area contributed by atoms with Gasteiger partial charge in [-0.3, -0.25) is 14.4 Å². The first-order valence-corrected chi connectivity index (χ1v) is 8.75. The van der Waals surface area contributed by atoms with Gasteiger partial charge in [0.25, 0.3) is 0 Å². The van der Waals surface area contributed by atoms with Gasteiger partial charge in [0, 0.05) is 56.1 Å². The lowest BCUT2D eigenvalue weighted by molar-refractivity contribution is 0.101. The molecule has 0 atom stereocenters. The van der Waals surface area contributed by atoms with Gasteiger partial charge in [-0.2, -0.15) is 5.10 Å². The highest BCUT2D eigenvalue weighted by Gasteiger charge is 2.20. The Labute approximate surface area is 148 Å². The normalized spacial score (nSPS) is 15.8. The minimum absolute atomic E-state index is 0.114. The molecule has 0 spiro atoms. The number of anilines is 1. The first-order valence-electron chi connectivity index (χ1n) is 8.75. The van der Waals surface area contributed by atoms with Crippen LogP contribution < -0.4 is 4.90 Å². The molecule has 5 nitrogen and oxygen atoms in total. The smallest absolute Gasteiger partial charge is 0.159 e. The molecule has 1 fully saturated rings. The van der Waals surface area contributed by atoms with Crippen molar-refractivity contribution in [2.45, 2.75) is 33.4 Å². The zero-order chi connectivity index (χ0) is 18.0. The Hall–Kier alpha value is -2.21. The van der Waals surface area contributed by atoms with Crippen LogP contribution in [0.4, 0.5) is 10.1 Å². The Morgan fingerprint density at radius 1 is 1.24 bits per heavy atom. The van der Waals surface area contributed by atoms with E-state index in [9.17, 15) is 9.18 Å². The average Bonchev–Trinajstić information content (AvgIpc) is 3.04. The van der Waals surface area contributed by atoms with Crippen molar-refractivity contribution in [1.29, 1.82) is 0 Å². The molecule has 1 saturated heterocycles. The van der Waals surface area contributed by atoms with Crippen LogP contribution in [0.3, 0.4) is 0 Å². The summed E-state index contributed by atoms with van der Waals surface area (Å²) >= 11 is 0. The third-order valence-electron chi connectivity index (χ3n) is 4.66. The standard InChI is InChI=1S/C19H25FN4O/c1-14(2)24-13-16(11-21-24)12-22-6-8-23(9-7-22)19-5-4-17(15(3)25)10-18(19)20/h4-5,10-11,13-14H,6-9,12H2,1-3H3. The van der Waals surface area contributed by atoms with Crippen LogP contribution in [0.25, 0.3) is 0 Å². The molecule has 0 aliphatic carbocycles. The van der Waals surface area contributed by atoms with Gasteiger partial charge in [-0.25, -0.2) is 4.39 Å². The lowest BCUT2D eigenvalue weighted by atomic mass is 10.1. The molecule has 0 N–H and O–H groups in total. The molecule has 0 amide bonds. The molecular formula is C19H25FN4O. The van der Waals surface area contributed by atoms with E-state index >= 15 is 0 Å². The van der Waals surface area contributed by atoms with Gasteiger partial charge in [0.15, 0.2) is 5.78 Å². The third kappa shape index (κ3) is 4.07. The average molecular weight is 344 g/mol. The number of rotatable bonds is 5. The van der Waals surface area contributed by atoms with Crippen LogP contribution in [-0.2, 0) is 6.54 Å². The van der Waals surface area contributed by atoms with Crippen molar-refractivity contribution in [2.75, 3.05) is 31.1 Å². The van der Waals surface area contributed by atoms with Crippen LogP contribution >= 0.6 is 0 Å². The second kappa shape index (κ2) is 7.35. The molecule has 25 heavy (non-hydrogen) atoms. The number of aromatic nitrogens is 2. The van der Waals surface area contributed by atoms with Crippen molar-refractivity contribution in [1.82, 2.24) is 14.7 Å². The van der Waals surface area contributed by atoms with E-state index in [-0.39, 0.29) is 11.6 Å². The van der Waals surface area contributed by atoms with Gasteiger partial charge in [0.2, 0.25) is 0 Å². The fourth-order valence-corrected chi connectivity index (χ4v) is 3.13. The summed E-state index contributed by atoms with van der Waals surface area (Å²) in [5.41, 5.74) is 2.21. The highest BCUT2D eigenvalue weighted by molar-refractivity contribution is 5.94. The van der Waals surface area contributed by atoms with Crippen molar-refractivity contribution in [3.63, 3.8) is 0 Å². The summed E-state index contributed by atoms with van der Waals surface area (Å²) in [5, 5.41) is 4.38. The van der Waals surface area contributed by atoms with Crippen LogP contribution in [0.5, 0.6) is 0 Å². The topological polar surface area (TPSA) is 41.4 Å². The maximum atomic E-state index is 14.3. The zero-order valence-electron chi connectivity index (χ0n) is 15.1. The molecule has 6 heteroatoms. The molecule has 1 aliphatic rings. The van der Waals surface area contributed by atoms with Crippen LogP contribution in [0.2, 0.25) is 0 Å². The molecule has 134 valence electrons. The van der Waals surface area contributed by atoms with Gasteiger partial charge in [-0.05, 0) is 39.0 Å². The summed E-state index contributed by atoms with van der Waals surface area (Å²) < 4.78 is 16.3. The third-order valence-corrected chi connectivity index (χ3v) is 4.66. The Morgan fingerprint density at radius 2 is 1.96 bits per heavy atom. The van der Waals surface area contributed by atoms with Crippen molar-refractivity contribution in [3.8, 4) is 0 Å².